The highest BCUT2D eigenvalue weighted by Gasteiger charge is 2.37. The smallest absolute Gasteiger partial charge is 0.243 e. The highest BCUT2D eigenvalue weighted by Crippen LogP contribution is 2.28. The SMILES string of the molecule is Cc1cc(C)c(NC(=O)CN(C)C(=O)[C@H]2CC(=O)N(c3ccccc3F)C2)c(C)c1. The molecule has 0 aromatic heterocycles. The molecule has 0 bridgehead atoms. The highest BCUT2D eigenvalue weighted by molar-refractivity contribution is 6.01. The number of nitrogens with zero attached hydrogens (tertiary/aromatic N) is 2. The van der Waals surface area contributed by atoms with Gasteiger partial charge in [-0.2, -0.15) is 0 Å². The molecule has 1 atom stereocenters. The van der Waals surface area contributed by atoms with E-state index < -0.39 is 11.7 Å². The van der Waals surface area contributed by atoms with Crippen molar-refractivity contribution < 1.29 is 18.8 Å². The van der Waals surface area contributed by atoms with Gasteiger partial charge in [0.1, 0.15) is 5.82 Å². The third-order valence-electron chi connectivity index (χ3n) is 5.32. The average Bonchev–Trinajstić information content (AvgIpc) is 3.05. The lowest BCUT2D eigenvalue weighted by Gasteiger charge is -2.22. The summed E-state index contributed by atoms with van der Waals surface area (Å²) in [6.45, 7) is 5.81. The zero-order chi connectivity index (χ0) is 22.0. The van der Waals surface area contributed by atoms with Crippen LogP contribution in [0.15, 0.2) is 36.4 Å². The minimum Gasteiger partial charge on any atom is -0.336 e. The third-order valence-corrected chi connectivity index (χ3v) is 5.32. The van der Waals surface area contributed by atoms with Crippen molar-refractivity contribution >= 4 is 29.1 Å². The van der Waals surface area contributed by atoms with E-state index in [0.717, 1.165) is 22.4 Å². The molecule has 158 valence electrons. The molecule has 0 radical (unpaired) electrons. The summed E-state index contributed by atoms with van der Waals surface area (Å²) < 4.78 is 14.0. The van der Waals surface area contributed by atoms with E-state index in [2.05, 4.69) is 5.32 Å². The van der Waals surface area contributed by atoms with Crippen LogP contribution in [0.3, 0.4) is 0 Å². The molecule has 1 heterocycles. The van der Waals surface area contributed by atoms with Crippen LogP contribution in [0, 0.1) is 32.5 Å². The van der Waals surface area contributed by atoms with E-state index in [4.69, 9.17) is 0 Å². The molecular weight excluding hydrogens is 385 g/mol. The number of aryl methyl sites for hydroxylation is 3. The molecule has 1 aliphatic heterocycles. The molecule has 2 aromatic carbocycles. The number of carbonyl (C=O) groups excluding carboxylic acids is 3. The maximum atomic E-state index is 14.0. The number of anilines is 2. The van der Waals surface area contributed by atoms with Crippen molar-refractivity contribution in [2.45, 2.75) is 27.2 Å². The van der Waals surface area contributed by atoms with E-state index in [1.807, 2.05) is 32.9 Å². The minimum absolute atomic E-state index is 0.00466. The minimum atomic E-state index is -0.613. The molecule has 1 fully saturated rings. The molecule has 30 heavy (non-hydrogen) atoms. The van der Waals surface area contributed by atoms with Crippen LogP contribution in [0.2, 0.25) is 0 Å². The zero-order valence-corrected chi connectivity index (χ0v) is 17.7. The Morgan fingerprint density at radius 1 is 1.17 bits per heavy atom. The third kappa shape index (κ3) is 4.50. The maximum Gasteiger partial charge on any atom is 0.243 e. The summed E-state index contributed by atoms with van der Waals surface area (Å²) in [5.41, 5.74) is 3.94. The van der Waals surface area contributed by atoms with E-state index in [1.54, 1.807) is 12.1 Å². The van der Waals surface area contributed by atoms with Crippen molar-refractivity contribution in [3.63, 3.8) is 0 Å². The number of hydrogen-bond donors (Lipinski definition) is 1. The molecule has 0 saturated carbocycles. The first-order valence-corrected chi connectivity index (χ1v) is 9.85. The Balaban J connectivity index is 1.63. The summed E-state index contributed by atoms with van der Waals surface area (Å²) in [6, 6.07) is 9.96. The molecule has 0 unspecified atom stereocenters. The van der Waals surface area contributed by atoms with Crippen molar-refractivity contribution in [3.05, 3.63) is 58.9 Å². The molecule has 1 N–H and O–H groups in total. The van der Waals surface area contributed by atoms with Crippen LogP contribution in [0.5, 0.6) is 0 Å². The van der Waals surface area contributed by atoms with Crippen LogP contribution in [0.1, 0.15) is 23.1 Å². The number of likely N-dealkylation sites (N-methyl/N-ethyl adjacent to an activating group) is 1. The van der Waals surface area contributed by atoms with Crippen molar-refractivity contribution in [1.29, 1.82) is 0 Å². The normalized spacial score (nSPS) is 16.0. The summed E-state index contributed by atoms with van der Waals surface area (Å²) in [5.74, 6) is -2.04. The van der Waals surface area contributed by atoms with Crippen LogP contribution in [-0.2, 0) is 14.4 Å². The second-order valence-electron chi connectivity index (χ2n) is 7.87. The molecule has 3 rings (SSSR count). The number of amides is 3. The van der Waals surface area contributed by atoms with E-state index in [-0.39, 0.29) is 42.9 Å². The van der Waals surface area contributed by atoms with Gasteiger partial charge in [0.25, 0.3) is 0 Å². The first kappa shape index (κ1) is 21.5. The van der Waals surface area contributed by atoms with Gasteiger partial charge in [-0.3, -0.25) is 14.4 Å². The first-order chi connectivity index (χ1) is 14.2. The molecular formula is C23H26FN3O3. The average molecular weight is 411 g/mol. The topological polar surface area (TPSA) is 69.7 Å². The Hall–Kier alpha value is -3.22. The largest absolute Gasteiger partial charge is 0.336 e. The summed E-state index contributed by atoms with van der Waals surface area (Å²) in [5, 5.41) is 2.87. The van der Waals surface area contributed by atoms with E-state index in [9.17, 15) is 18.8 Å². The van der Waals surface area contributed by atoms with Gasteiger partial charge in [0.05, 0.1) is 18.2 Å². The van der Waals surface area contributed by atoms with Crippen molar-refractivity contribution in [2.75, 3.05) is 30.4 Å². The van der Waals surface area contributed by atoms with Crippen LogP contribution in [0.25, 0.3) is 0 Å². The summed E-state index contributed by atoms with van der Waals surface area (Å²) >= 11 is 0. The molecule has 0 aliphatic carbocycles. The lowest BCUT2D eigenvalue weighted by atomic mass is 10.0. The summed E-state index contributed by atoms with van der Waals surface area (Å²) in [6.07, 6.45) is -0.00466. The van der Waals surface area contributed by atoms with Gasteiger partial charge >= 0.3 is 0 Å². The van der Waals surface area contributed by atoms with E-state index in [1.165, 1.54) is 29.0 Å². The second-order valence-corrected chi connectivity index (χ2v) is 7.87. The number of hydrogen-bond acceptors (Lipinski definition) is 3. The molecule has 0 spiro atoms. The van der Waals surface area contributed by atoms with Gasteiger partial charge in [0, 0.05) is 25.7 Å². The summed E-state index contributed by atoms with van der Waals surface area (Å²) in [7, 11) is 1.53. The number of para-hydroxylation sites is 1. The van der Waals surface area contributed by atoms with Crippen molar-refractivity contribution in [2.24, 2.45) is 5.92 Å². The van der Waals surface area contributed by atoms with Crippen LogP contribution in [-0.4, -0.2) is 42.8 Å². The Bertz CT molecular complexity index is 982. The van der Waals surface area contributed by atoms with Crippen molar-refractivity contribution in [1.82, 2.24) is 4.90 Å². The zero-order valence-electron chi connectivity index (χ0n) is 17.7. The lowest BCUT2D eigenvalue weighted by molar-refractivity contribution is -0.137. The fraction of sp³-hybridized carbons (Fsp3) is 0.348. The molecule has 7 heteroatoms. The summed E-state index contributed by atoms with van der Waals surface area (Å²) in [4.78, 5) is 40.2. The fourth-order valence-electron chi connectivity index (χ4n) is 3.94. The maximum absolute atomic E-state index is 14.0. The molecule has 6 nitrogen and oxygen atoms in total. The number of nitrogens with one attached hydrogen (secondary N) is 1. The van der Waals surface area contributed by atoms with Gasteiger partial charge in [-0.15, -0.1) is 0 Å². The van der Waals surface area contributed by atoms with Crippen LogP contribution in [0.4, 0.5) is 15.8 Å². The monoisotopic (exact) mass is 411 g/mol. The van der Waals surface area contributed by atoms with Crippen molar-refractivity contribution in [3.8, 4) is 0 Å². The van der Waals surface area contributed by atoms with Gasteiger partial charge in [-0.25, -0.2) is 4.39 Å². The van der Waals surface area contributed by atoms with Crippen LogP contribution < -0.4 is 10.2 Å². The highest BCUT2D eigenvalue weighted by atomic mass is 19.1. The Morgan fingerprint density at radius 3 is 2.43 bits per heavy atom. The Kier molecular flexibility index (Phi) is 6.20. The fourth-order valence-corrected chi connectivity index (χ4v) is 3.94. The van der Waals surface area contributed by atoms with Gasteiger partial charge < -0.3 is 15.1 Å². The van der Waals surface area contributed by atoms with Gasteiger partial charge in [0.2, 0.25) is 17.7 Å². The van der Waals surface area contributed by atoms with E-state index in [0.29, 0.717) is 0 Å². The molecule has 1 aliphatic rings. The number of rotatable bonds is 5. The number of benzene rings is 2. The first-order valence-electron chi connectivity index (χ1n) is 9.85. The quantitative estimate of drug-likeness (QED) is 0.822. The lowest BCUT2D eigenvalue weighted by Crippen LogP contribution is -2.39. The van der Waals surface area contributed by atoms with E-state index >= 15 is 0 Å². The van der Waals surface area contributed by atoms with Crippen LogP contribution >= 0.6 is 0 Å². The second kappa shape index (κ2) is 8.65. The number of halogens is 1. The van der Waals surface area contributed by atoms with Gasteiger partial charge in [-0.1, -0.05) is 29.8 Å². The predicted molar refractivity (Wildman–Crippen MR) is 114 cm³/mol. The standard InChI is InChI=1S/C23H26FN3O3/c1-14-9-15(2)22(16(3)10-14)25-20(28)13-26(4)23(30)17-11-21(29)27(12-17)19-8-6-5-7-18(19)24/h5-10,17H,11-13H2,1-4H3,(H,25,28)/t17-/m0/s1. The predicted octanol–water partition coefficient (Wildman–Crippen LogP) is 3.20. The Labute approximate surface area is 175 Å². The Morgan fingerprint density at radius 2 is 1.80 bits per heavy atom. The molecule has 2 aromatic rings. The molecule has 1 saturated heterocycles. The number of carbonyl (C=O) groups is 3. The van der Waals surface area contributed by atoms with Gasteiger partial charge in [-0.05, 0) is 44.0 Å². The molecule has 3 amide bonds. The van der Waals surface area contributed by atoms with Gasteiger partial charge in [0.15, 0.2) is 0 Å².